The number of hydrogen-bond donors (Lipinski definition) is 1. The quantitative estimate of drug-likeness (QED) is 0.648. The Bertz CT molecular complexity index is 835. The number of piperidine rings is 1. The van der Waals surface area contributed by atoms with Gasteiger partial charge in [-0.15, -0.1) is 11.8 Å². The lowest BCUT2D eigenvalue weighted by Gasteiger charge is -2.33. The number of hydrogen-bond acceptors (Lipinski definition) is 6. The van der Waals surface area contributed by atoms with Crippen LogP contribution in [0, 0.1) is 0 Å². The summed E-state index contributed by atoms with van der Waals surface area (Å²) in [4.78, 5) is 15.9. The molecule has 3 heterocycles. The van der Waals surface area contributed by atoms with Gasteiger partial charge in [-0.3, -0.25) is 4.98 Å². The van der Waals surface area contributed by atoms with E-state index in [0.29, 0.717) is 6.04 Å². The van der Waals surface area contributed by atoms with Gasteiger partial charge < -0.3 is 10.2 Å². The molecular weight excluding hydrogens is 354 g/mol. The molecule has 27 heavy (non-hydrogen) atoms. The highest BCUT2D eigenvalue weighted by Crippen LogP contribution is 2.23. The zero-order valence-electron chi connectivity index (χ0n) is 15.2. The standard InChI is InChI=1S/C21H23N5S/c1-2-6-17(7-3-1)16-27-21-15-22-14-19(25-21)24-18-9-12-26(13-10-18)20-8-4-5-11-23-20/h1-8,11,14-15,18H,9-10,12-13,16H2,(H,24,25). The van der Waals surface area contributed by atoms with Crippen molar-refractivity contribution in [2.75, 3.05) is 23.3 Å². The van der Waals surface area contributed by atoms with Crippen molar-refractivity contribution in [1.82, 2.24) is 15.0 Å². The van der Waals surface area contributed by atoms with E-state index in [9.17, 15) is 0 Å². The van der Waals surface area contributed by atoms with Gasteiger partial charge in [0, 0.05) is 31.1 Å². The summed E-state index contributed by atoms with van der Waals surface area (Å²) in [5, 5.41) is 4.51. The van der Waals surface area contributed by atoms with Gasteiger partial charge in [0.05, 0.1) is 12.4 Å². The second-order valence-electron chi connectivity index (χ2n) is 6.61. The minimum absolute atomic E-state index is 0.425. The molecule has 4 rings (SSSR count). The Balaban J connectivity index is 1.30. The maximum absolute atomic E-state index is 4.72. The first-order valence-corrected chi connectivity index (χ1v) is 10.3. The Kier molecular flexibility index (Phi) is 5.84. The first kappa shape index (κ1) is 17.8. The second kappa shape index (κ2) is 8.86. The van der Waals surface area contributed by atoms with Gasteiger partial charge in [-0.1, -0.05) is 36.4 Å². The molecule has 1 saturated heterocycles. The number of anilines is 2. The smallest absolute Gasteiger partial charge is 0.146 e. The van der Waals surface area contributed by atoms with E-state index < -0.39 is 0 Å². The van der Waals surface area contributed by atoms with Gasteiger partial charge in [0.1, 0.15) is 16.7 Å². The molecule has 1 aliphatic rings. The molecule has 1 fully saturated rings. The summed E-state index contributed by atoms with van der Waals surface area (Å²) < 4.78 is 0. The Morgan fingerprint density at radius 1 is 1.00 bits per heavy atom. The predicted molar refractivity (Wildman–Crippen MR) is 111 cm³/mol. The van der Waals surface area contributed by atoms with E-state index in [2.05, 4.69) is 50.5 Å². The molecule has 0 bridgehead atoms. The molecule has 0 unspecified atom stereocenters. The van der Waals surface area contributed by atoms with E-state index in [1.807, 2.05) is 36.8 Å². The number of nitrogens with zero attached hydrogens (tertiary/aromatic N) is 4. The number of benzene rings is 1. The normalized spacial score (nSPS) is 14.9. The van der Waals surface area contributed by atoms with E-state index in [0.717, 1.165) is 48.3 Å². The Labute approximate surface area is 164 Å². The molecule has 1 N–H and O–H groups in total. The molecule has 0 radical (unpaired) electrons. The van der Waals surface area contributed by atoms with Crippen molar-refractivity contribution in [3.63, 3.8) is 0 Å². The molecular formula is C21H23N5S. The summed E-state index contributed by atoms with van der Waals surface area (Å²) in [6, 6.07) is 16.9. The van der Waals surface area contributed by atoms with E-state index in [1.54, 1.807) is 11.8 Å². The molecule has 5 nitrogen and oxygen atoms in total. The van der Waals surface area contributed by atoms with Crippen LogP contribution in [0.2, 0.25) is 0 Å². The maximum Gasteiger partial charge on any atom is 0.146 e. The lowest BCUT2D eigenvalue weighted by Crippen LogP contribution is -2.39. The van der Waals surface area contributed by atoms with Crippen LogP contribution in [-0.2, 0) is 5.75 Å². The number of aromatic nitrogens is 3. The van der Waals surface area contributed by atoms with E-state index in [-0.39, 0.29) is 0 Å². The third kappa shape index (κ3) is 4.98. The molecule has 0 saturated carbocycles. The van der Waals surface area contributed by atoms with Crippen LogP contribution >= 0.6 is 11.8 Å². The Morgan fingerprint density at radius 3 is 2.59 bits per heavy atom. The third-order valence-electron chi connectivity index (χ3n) is 4.66. The SMILES string of the molecule is c1ccc(CSc2cncc(NC3CCN(c4ccccn4)CC3)n2)cc1. The molecule has 0 atom stereocenters. The number of pyridine rings is 1. The fraction of sp³-hybridized carbons (Fsp3) is 0.286. The van der Waals surface area contributed by atoms with Crippen molar-refractivity contribution >= 4 is 23.4 Å². The predicted octanol–water partition coefficient (Wildman–Crippen LogP) is 4.24. The van der Waals surface area contributed by atoms with Crippen molar-refractivity contribution in [2.24, 2.45) is 0 Å². The topological polar surface area (TPSA) is 53.9 Å². The van der Waals surface area contributed by atoms with Crippen LogP contribution in [0.4, 0.5) is 11.6 Å². The number of thioether (sulfide) groups is 1. The van der Waals surface area contributed by atoms with E-state index >= 15 is 0 Å². The van der Waals surface area contributed by atoms with Crippen molar-refractivity contribution in [3.8, 4) is 0 Å². The molecule has 138 valence electrons. The fourth-order valence-electron chi connectivity index (χ4n) is 3.22. The van der Waals surface area contributed by atoms with Gasteiger partial charge in [-0.2, -0.15) is 0 Å². The van der Waals surface area contributed by atoms with Gasteiger partial charge >= 0.3 is 0 Å². The van der Waals surface area contributed by atoms with Crippen LogP contribution in [-0.4, -0.2) is 34.1 Å². The second-order valence-corrected chi connectivity index (χ2v) is 7.61. The molecule has 0 amide bonds. The average molecular weight is 378 g/mol. The molecule has 1 aromatic carbocycles. The first-order valence-electron chi connectivity index (χ1n) is 9.28. The lowest BCUT2D eigenvalue weighted by atomic mass is 10.1. The highest BCUT2D eigenvalue weighted by Gasteiger charge is 2.20. The summed E-state index contributed by atoms with van der Waals surface area (Å²) in [7, 11) is 0. The highest BCUT2D eigenvalue weighted by atomic mass is 32.2. The van der Waals surface area contributed by atoms with Crippen LogP contribution in [0.15, 0.2) is 72.1 Å². The van der Waals surface area contributed by atoms with Crippen LogP contribution in [0.1, 0.15) is 18.4 Å². The van der Waals surface area contributed by atoms with Gasteiger partial charge in [-0.05, 0) is 30.5 Å². The summed E-state index contributed by atoms with van der Waals surface area (Å²) in [5.74, 6) is 2.83. The number of rotatable bonds is 6. The van der Waals surface area contributed by atoms with Crippen molar-refractivity contribution in [3.05, 3.63) is 72.7 Å². The van der Waals surface area contributed by atoms with Gasteiger partial charge in [0.25, 0.3) is 0 Å². The Morgan fingerprint density at radius 2 is 1.81 bits per heavy atom. The monoisotopic (exact) mass is 377 g/mol. The molecule has 0 aliphatic carbocycles. The first-order chi connectivity index (χ1) is 13.4. The van der Waals surface area contributed by atoms with Gasteiger partial charge in [-0.25, -0.2) is 9.97 Å². The van der Waals surface area contributed by atoms with Gasteiger partial charge in [0.2, 0.25) is 0 Å². The summed E-state index contributed by atoms with van der Waals surface area (Å²) in [6.45, 7) is 2.01. The van der Waals surface area contributed by atoms with Crippen LogP contribution in [0.5, 0.6) is 0 Å². The summed E-state index contributed by atoms with van der Waals surface area (Å²) in [5.41, 5.74) is 1.30. The molecule has 1 aliphatic heterocycles. The molecule has 6 heteroatoms. The largest absolute Gasteiger partial charge is 0.366 e. The van der Waals surface area contributed by atoms with E-state index in [1.165, 1.54) is 5.56 Å². The summed E-state index contributed by atoms with van der Waals surface area (Å²) in [6.07, 6.45) is 7.65. The Hall–Kier alpha value is -2.60. The third-order valence-corrected chi connectivity index (χ3v) is 5.63. The maximum atomic E-state index is 4.72. The zero-order valence-corrected chi connectivity index (χ0v) is 16.0. The van der Waals surface area contributed by atoms with Crippen molar-refractivity contribution in [1.29, 1.82) is 0 Å². The minimum atomic E-state index is 0.425. The fourth-order valence-corrected chi connectivity index (χ4v) is 4.03. The lowest BCUT2D eigenvalue weighted by molar-refractivity contribution is 0.522. The van der Waals surface area contributed by atoms with Crippen molar-refractivity contribution in [2.45, 2.75) is 29.7 Å². The van der Waals surface area contributed by atoms with E-state index in [4.69, 9.17) is 4.98 Å². The van der Waals surface area contributed by atoms with Crippen LogP contribution < -0.4 is 10.2 Å². The molecule has 3 aromatic rings. The van der Waals surface area contributed by atoms with Gasteiger partial charge in [0.15, 0.2) is 0 Å². The van der Waals surface area contributed by atoms with Crippen molar-refractivity contribution < 1.29 is 0 Å². The van der Waals surface area contributed by atoms with Crippen LogP contribution in [0.3, 0.4) is 0 Å². The zero-order chi connectivity index (χ0) is 18.3. The molecule has 2 aromatic heterocycles. The van der Waals surface area contributed by atoms with Crippen LogP contribution in [0.25, 0.3) is 0 Å². The average Bonchev–Trinajstić information content (AvgIpc) is 2.75. The minimum Gasteiger partial charge on any atom is -0.366 e. The number of nitrogens with one attached hydrogen (secondary N) is 1. The summed E-state index contributed by atoms with van der Waals surface area (Å²) >= 11 is 1.72. The molecule has 0 spiro atoms. The highest BCUT2D eigenvalue weighted by molar-refractivity contribution is 7.98.